The van der Waals surface area contributed by atoms with Crippen molar-refractivity contribution in [3.05, 3.63) is 53.3 Å². The van der Waals surface area contributed by atoms with Gasteiger partial charge in [-0.05, 0) is 18.9 Å². The van der Waals surface area contributed by atoms with Crippen LogP contribution in [0.5, 0.6) is 0 Å². The van der Waals surface area contributed by atoms with E-state index >= 15 is 0 Å². The third kappa shape index (κ3) is 4.39. The fourth-order valence-corrected chi connectivity index (χ4v) is 3.11. The number of likely N-dealkylation sites (tertiary alicyclic amines) is 1. The van der Waals surface area contributed by atoms with Gasteiger partial charge in [0.15, 0.2) is 0 Å². The van der Waals surface area contributed by atoms with E-state index in [9.17, 15) is 9.59 Å². The number of hydrogen-bond donors (Lipinski definition) is 1. The summed E-state index contributed by atoms with van der Waals surface area (Å²) in [5.41, 5.74) is 1.20. The van der Waals surface area contributed by atoms with Crippen LogP contribution in [0, 0.1) is 0 Å². The maximum atomic E-state index is 12.4. The first-order chi connectivity index (χ1) is 12.0. The number of amides is 2. The Bertz CT molecular complexity index is 747. The fourth-order valence-electron chi connectivity index (χ4n) is 2.96. The van der Waals surface area contributed by atoms with Gasteiger partial charge in [-0.25, -0.2) is 0 Å². The van der Waals surface area contributed by atoms with Crippen molar-refractivity contribution in [2.75, 3.05) is 13.1 Å². The Morgan fingerprint density at radius 3 is 2.84 bits per heavy atom. The van der Waals surface area contributed by atoms with Crippen LogP contribution < -0.4 is 5.32 Å². The minimum Gasteiger partial charge on any atom is -0.349 e. The molecule has 2 unspecified atom stereocenters. The van der Waals surface area contributed by atoms with Crippen molar-refractivity contribution in [3.63, 3.8) is 0 Å². The molecule has 0 bridgehead atoms. The Morgan fingerprint density at radius 2 is 2.16 bits per heavy atom. The Kier molecular flexibility index (Phi) is 5.38. The molecule has 1 aliphatic rings. The molecule has 0 spiro atoms. The second kappa shape index (κ2) is 7.70. The molecule has 0 saturated carbocycles. The highest BCUT2D eigenvalue weighted by Gasteiger charge is 2.31. The van der Waals surface area contributed by atoms with Gasteiger partial charge in [-0.3, -0.25) is 14.3 Å². The second-order valence-electron chi connectivity index (χ2n) is 6.30. The summed E-state index contributed by atoms with van der Waals surface area (Å²) in [7, 11) is 0. The van der Waals surface area contributed by atoms with Gasteiger partial charge in [0.2, 0.25) is 11.8 Å². The van der Waals surface area contributed by atoms with Crippen molar-refractivity contribution in [1.29, 1.82) is 0 Å². The van der Waals surface area contributed by atoms with Crippen LogP contribution in [0.4, 0.5) is 0 Å². The normalized spacial score (nSPS) is 18.4. The molecule has 1 aliphatic heterocycles. The van der Waals surface area contributed by atoms with E-state index in [1.165, 1.54) is 16.4 Å². The number of carbonyl (C=O) groups excluding carboxylic acids is 2. The summed E-state index contributed by atoms with van der Waals surface area (Å²) in [5.74, 6) is -0.0847. The van der Waals surface area contributed by atoms with E-state index in [0.29, 0.717) is 24.5 Å². The Hall–Kier alpha value is -2.34. The number of aromatic nitrogens is 2. The van der Waals surface area contributed by atoms with Gasteiger partial charge in [0.05, 0.1) is 17.3 Å². The van der Waals surface area contributed by atoms with Crippen LogP contribution in [0.3, 0.4) is 0 Å². The molecule has 3 rings (SSSR count). The summed E-state index contributed by atoms with van der Waals surface area (Å²) in [6.45, 7) is 2.96. The average Bonchev–Trinajstić information content (AvgIpc) is 3.19. The Labute approximate surface area is 151 Å². The van der Waals surface area contributed by atoms with Gasteiger partial charge in [0, 0.05) is 25.7 Å². The zero-order chi connectivity index (χ0) is 17.8. The van der Waals surface area contributed by atoms with Gasteiger partial charge in [-0.15, -0.1) is 0 Å². The lowest BCUT2D eigenvalue weighted by molar-refractivity contribution is -0.127. The average molecular weight is 361 g/mol. The van der Waals surface area contributed by atoms with Gasteiger partial charge < -0.3 is 10.2 Å². The lowest BCUT2D eigenvalue weighted by Crippen LogP contribution is -2.40. The molecule has 0 radical (unpaired) electrons. The SMILES string of the molecule is CC(C(=O)NC1CC(=O)N(CCc2ccccc2)C1)n1cc(Cl)cn1. The summed E-state index contributed by atoms with van der Waals surface area (Å²) in [6, 6.07) is 9.43. The number of hydrogen-bond acceptors (Lipinski definition) is 3. The van der Waals surface area contributed by atoms with Gasteiger partial charge in [0.25, 0.3) is 0 Å². The van der Waals surface area contributed by atoms with Crippen LogP contribution in [0.15, 0.2) is 42.7 Å². The molecule has 25 heavy (non-hydrogen) atoms. The van der Waals surface area contributed by atoms with E-state index in [0.717, 1.165) is 6.42 Å². The van der Waals surface area contributed by atoms with Crippen molar-refractivity contribution < 1.29 is 9.59 Å². The van der Waals surface area contributed by atoms with Crippen LogP contribution in [0.1, 0.15) is 24.9 Å². The maximum absolute atomic E-state index is 12.4. The lowest BCUT2D eigenvalue weighted by Gasteiger charge is -2.19. The van der Waals surface area contributed by atoms with Crippen LogP contribution in [0.25, 0.3) is 0 Å². The van der Waals surface area contributed by atoms with Gasteiger partial charge in [-0.2, -0.15) is 5.10 Å². The van der Waals surface area contributed by atoms with E-state index in [1.807, 2.05) is 23.1 Å². The predicted molar refractivity (Wildman–Crippen MR) is 95.2 cm³/mol. The van der Waals surface area contributed by atoms with Crippen molar-refractivity contribution in [2.24, 2.45) is 0 Å². The van der Waals surface area contributed by atoms with Crippen molar-refractivity contribution in [2.45, 2.75) is 31.8 Å². The molecule has 1 aromatic carbocycles. The topological polar surface area (TPSA) is 67.2 Å². The zero-order valence-electron chi connectivity index (χ0n) is 14.1. The Balaban J connectivity index is 1.51. The summed E-state index contributed by atoms with van der Waals surface area (Å²) in [4.78, 5) is 26.3. The molecule has 1 saturated heterocycles. The summed E-state index contributed by atoms with van der Waals surface area (Å²) < 4.78 is 1.52. The van der Waals surface area contributed by atoms with Crippen LogP contribution in [-0.4, -0.2) is 45.6 Å². The number of rotatable bonds is 6. The molecule has 2 aromatic rings. The molecule has 1 N–H and O–H groups in total. The molecular formula is C18H21ClN4O2. The van der Waals surface area contributed by atoms with Crippen molar-refractivity contribution >= 4 is 23.4 Å². The maximum Gasteiger partial charge on any atom is 0.244 e. The number of nitrogens with zero attached hydrogens (tertiary/aromatic N) is 3. The standard InChI is InChI=1S/C18H21ClN4O2/c1-13(23-11-15(19)10-20-23)18(25)21-16-9-17(24)22(12-16)8-7-14-5-3-2-4-6-14/h2-6,10-11,13,16H,7-9,12H2,1H3,(H,21,25). The lowest BCUT2D eigenvalue weighted by atomic mass is 10.1. The molecule has 0 aliphatic carbocycles. The highest BCUT2D eigenvalue weighted by molar-refractivity contribution is 6.30. The van der Waals surface area contributed by atoms with Crippen LogP contribution in [-0.2, 0) is 16.0 Å². The first-order valence-corrected chi connectivity index (χ1v) is 8.72. The number of nitrogens with one attached hydrogen (secondary N) is 1. The number of halogens is 1. The summed E-state index contributed by atoms with van der Waals surface area (Å²) in [5, 5.41) is 7.48. The molecule has 7 heteroatoms. The minimum atomic E-state index is -0.471. The molecule has 2 heterocycles. The van der Waals surface area contributed by atoms with Crippen LogP contribution >= 0.6 is 11.6 Å². The molecular weight excluding hydrogens is 340 g/mol. The Morgan fingerprint density at radius 1 is 1.40 bits per heavy atom. The first-order valence-electron chi connectivity index (χ1n) is 8.34. The summed E-state index contributed by atoms with van der Waals surface area (Å²) >= 11 is 5.84. The van der Waals surface area contributed by atoms with Crippen molar-refractivity contribution in [1.82, 2.24) is 20.0 Å². The van der Waals surface area contributed by atoms with E-state index in [4.69, 9.17) is 11.6 Å². The number of carbonyl (C=O) groups is 2. The molecule has 2 atom stereocenters. The quantitative estimate of drug-likeness (QED) is 0.857. The monoisotopic (exact) mass is 360 g/mol. The third-order valence-electron chi connectivity index (χ3n) is 4.42. The minimum absolute atomic E-state index is 0.0796. The van der Waals surface area contributed by atoms with E-state index < -0.39 is 6.04 Å². The number of benzene rings is 1. The van der Waals surface area contributed by atoms with Crippen LogP contribution in [0.2, 0.25) is 5.02 Å². The third-order valence-corrected chi connectivity index (χ3v) is 4.62. The zero-order valence-corrected chi connectivity index (χ0v) is 14.8. The van der Waals surface area contributed by atoms with Gasteiger partial charge >= 0.3 is 0 Å². The summed E-state index contributed by atoms with van der Waals surface area (Å²) in [6.07, 6.45) is 4.26. The predicted octanol–water partition coefficient (Wildman–Crippen LogP) is 2.06. The molecule has 1 fully saturated rings. The molecule has 2 amide bonds. The van der Waals surface area contributed by atoms with E-state index in [-0.39, 0.29) is 17.9 Å². The van der Waals surface area contributed by atoms with Gasteiger partial charge in [0.1, 0.15) is 6.04 Å². The molecule has 6 nitrogen and oxygen atoms in total. The highest BCUT2D eigenvalue weighted by Crippen LogP contribution is 2.15. The second-order valence-corrected chi connectivity index (χ2v) is 6.74. The fraction of sp³-hybridized carbons (Fsp3) is 0.389. The smallest absolute Gasteiger partial charge is 0.244 e. The van der Waals surface area contributed by atoms with E-state index in [1.54, 1.807) is 13.1 Å². The van der Waals surface area contributed by atoms with Gasteiger partial charge in [-0.1, -0.05) is 41.9 Å². The van der Waals surface area contributed by atoms with E-state index in [2.05, 4.69) is 22.5 Å². The first kappa shape index (κ1) is 17.5. The highest BCUT2D eigenvalue weighted by atomic mass is 35.5. The largest absolute Gasteiger partial charge is 0.349 e. The molecule has 1 aromatic heterocycles. The van der Waals surface area contributed by atoms with Crippen molar-refractivity contribution in [3.8, 4) is 0 Å². The molecule has 132 valence electrons.